The second-order valence-corrected chi connectivity index (χ2v) is 10.9. The van der Waals surface area contributed by atoms with Crippen molar-refractivity contribution in [2.45, 2.75) is 89.9 Å². The van der Waals surface area contributed by atoms with Crippen molar-refractivity contribution in [3.8, 4) is 0 Å². The molecule has 174 valence electrons. The van der Waals surface area contributed by atoms with Crippen LogP contribution in [0.2, 0.25) is 0 Å². The first-order valence-corrected chi connectivity index (χ1v) is 11.5. The van der Waals surface area contributed by atoms with E-state index < -0.39 is 47.2 Å². The number of rotatable bonds is 4. The third-order valence-corrected chi connectivity index (χ3v) is 9.07. The highest BCUT2D eigenvalue weighted by Crippen LogP contribution is 2.68. The number of hydrogen-bond donors (Lipinski definition) is 3. The molecule has 0 aromatic heterocycles. The summed E-state index contributed by atoms with van der Waals surface area (Å²) < 4.78 is 21.4. The molecule has 0 aliphatic heterocycles. The quantitative estimate of drug-likeness (QED) is 0.621. The van der Waals surface area contributed by atoms with Gasteiger partial charge in [-0.2, -0.15) is 0 Å². The van der Waals surface area contributed by atoms with Crippen molar-refractivity contribution in [1.29, 1.82) is 0 Å². The van der Waals surface area contributed by atoms with E-state index in [0.717, 1.165) is 0 Å². The third-order valence-electron chi connectivity index (χ3n) is 9.07. The third kappa shape index (κ3) is 3.03. The van der Waals surface area contributed by atoms with Gasteiger partial charge >= 0.3 is 0 Å². The van der Waals surface area contributed by atoms with Gasteiger partial charge in [0.1, 0.15) is 12.8 Å². The van der Waals surface area contributed by atoms with Crippen molar-refractivity contribution < 1.29 is 34.0 Å². The summed E-state index contributed by atoms with van der Waals surface area (Å²) in [6.07, 6.45) is -0.300. The molecule has 3 N–H and O–H groups in total. The van der Waals surface area contributed by atoms with Crippen molar-refractivity contribution in [2.75, 3.05) is 6.61 Å². The number of allylic oxidation sites excluding steroid dienone is 1. The lowest BCUT2D eigenvalue weighted by atomic mass is 9.45. The maximum Gasteiger partial charge on any atom is 0.192 e. The van der Waals surface area contributed by atoms with Crippen LogP contribution in [0, 0.1) is 28.6 Å². The number of aliphatic hydroxyl groups excluding tert-OH is 2. The first-order chi connectivity index (χ1) is 14.4. The predicted octanol–water partition coefficient (Wildman–Crippen LogP) is 2.13. The van der Waals surface area contributed by atoms with E-state index in [-0.39, 0.29) is 42.5 Å². The SMILES string of the molecule is CC(C)OC1CC2C3CC(F)C4=CC(=O)CCC4(C)C3C(O)CC2(C)C1(O)C(=O)CO. The maximum atomic E-state index is 15.4. The van der Waals surface area contributed by atoms with Gasteiger partial charge in [-0.15, -0.1) is 0 Å². The van der Waals surface area contributed by atoms with Gasteiger partial charge in [0.15, 0.2) is 17.2 Å². The average molecular weight is 439 g/mol. The van der Waals surface area contributed by atoms with E-state index in [1.807, 2.05) is 20.8 Å². The molecule has 7 heteroatoms. The molecule has 9 unspecified atom stereocenters. The zero-order valence-electron chi connectivity index (χ0n) is 18.8. The van der Waals surface area contributed by atoms with E-state index in [0.29, 0.717) is 24.8 Å². The Bertz CT molecular complexity index is 810. The second kappa shape index (κ2) is 7.44. The van der Waals surface area contributed by atoms with Crippen LogP contribution >= 0.6 is 0 Å². The number of ketones is 2. The molecule has 31 heavy (non-hydrogen) atoms. The molecule has 0 spiro atoms. The Morgan fingerprint density at radius 1 is 1.32 bits per heavy atom. The van der Waals surface area contributed by atoms with Crippen LogP contribution in [0.5, 0.6) is 0 Å². The minimum atomic E-state index is -1.95. The van der Waals surface area contributed by atoms with Crippen LogP contribution in [0.15, 0.2) is 11.6 Å². The van der Waals surface area contributed by atoms with E-state index in [9.17, 15) is 24.9 Å². The van der Waals surface area contributed by atoms with Crippen LogP contribution in [0.4, 0.5) is 4.39 Å². The minimum Gasteiger partial charge on any atom is -0.393 e. The van der Waals surface area contributed by atoms with E-state index in [1.165, 1.54) is 6.08 Å². The zero-order valence-corrected chi connectivity index (χ0v) is 18.8. The van der Waals surface area contributed by atoms with Gasteiger partial charge in [0, 0.05) is 11.8 Å². The van der Waals surface area contributed by atoms with Crippen molar-refractivity contribution in [3.05, 3.63) is 11.6 Å². The highest BCUT2D eigenvalue weighted by Gasteiger charge is 2.72. The molecule has 0 saturated heterocycles. The largest absolute Gasteiger partial charge is 0.393 e. The van der Waals surface area contributed by atoms with Gasteiger partial charge in [-0.3, -0.25) is 9.59 Å². The molecule has 0 aromatic carbocycles. The van der Waals surface area contributed by atoms with Crippen molar-refractivity contribution in [2.24, 2.45) is 28.6 Å². The number of ether oxygens (including phenoxy) is 1. The Kier molecular flexibility index (Phi) is 5.52. The summed E-state index contributed by atoms with van der Waals surface area (Å²) >= 11 is 0. The van der Waals surface area contributed by atoms with Crippen LogP contribution in [-0.2, 0) is 14.3 Å². The van der Waals surface area contributed by atoms with Crippen LogP contribution in [0.1, 0.15) is 59.8 Å². The minimum absolute atomic E-state index is 0.0714. The van der Waals surface area contributed by atoms with Crippen molar-refractivity contribution in [1.82, 2.24) is 0 Å². The molecule has 9 atom stereocenters. The zero-order chi connectivity index (χ0) is 22.9. The summed E-state index contributed by atoms with van der Waals surface area (Å²) in [4.78, 5) is 24.9. The Balaban J connectivity index is 1.80. The first kappa shape index (κ1) is 23.0. The van der Waals surface area contributed by atoms with E-state index in [1.54, 1.807) is 6.92 Å². The van der Waals surface area contributed by atoms with Gasteiger partial charge in [-0.25, -0.2) is 4.39 Å². The van der Waals surface area contributed by atoms with Crippen LogP contribution < -0.4 is 0 Å². The first-order valence-electron chi connectivity index (χ1n) is 11.5. The number of hydrogen-bond acceptors (Lipinski definition) is 6. The van der Waals surface area contributed by atoms with Crippen LogP contribution in [0.25, 0.3) is 0 Å². The summed E-state index contributed by atoms with van der Waals surface area (Å²) in [7, 11) is 0. The lowest BCUT2D eigenvalue weighted by Gasteiger charge is -2.60. The summed E-state index contributed by atoms with van der Waals surface area (Å²) in [5.74, 6) is -1.56. The predicted molar refractivity (Wildman–Crippen MR) is 111 cm³/mol. The molecular weight excluding hydrogens is 403 g/mol. The molecule has 0 radical (unpaired) electrons. The summed E-state index contributed by atoms with van der Waals surface area (Å²) in [5.41, 5.74) is -3.14. The van der Waals surface area contributed by atoms with E-state index in [2.05, 4.69) is 0 Å². The van der Waals surface area contributed by atoms with E-state index >= 15 is 4.39 Å². The number of carbonyl (C=O) groups excluding carboxylic acids is 2. The van der Waals surface area contributed by atoms with Gasteiger partial charge < -0.3 is 20.1 Å². The fourth-order valence-corrected chi connectivity index (χ4v) is 7.78. The normalized spacial score (nSPS) is 49.3. The number of aliphatic hydroxyl groups is 3. The Morgan fingerprint density at radius 2 is 2.00 bits per heavy atom. The van der Waals surface area contributed by atoms with Gasteiger partial charge in [0.2, 0.25) is 0 Å². The van der Waals surface area contributed by atoms with Gasteiger partial charge in [0.05, 0.1) is 18.3 Å². The lowest BCUT2D eigenvalue weighted by molar-refractivity contribution is -0.202. The average Bonchev–Trinajstić information content (AvgIpc) is 2.90. The van der Waals surface area contributed by atoms with E-state index in [4.69, 9.17) is 4.74 Å². The van der Waals surface area contributed by atoms with Gasteiger partial charge in [0.25, 0.3) is 0 Å². The lowest BCUT2D eigenvalue weighted by Crippen LogP contribution is -2.65. The standard InChI is InChI=1S/C24H35FO6/c1-12(2)31-20-9-15-14-8-17(25)16-7-13(27)5-6-22(16,3)21(14)18(28)10-23(15,4)24(20,30)19(29)11-26/h7,12,14-15,17-18,20-21,26,28,30H,5-6,8-11H2,1-4H3. The molecule has 6 nitrogen and oxygen atoms in total. The Labute approximate surface area is 182 Å². The summed E-state index contributed by atoms with van der Waals surface area (Å²) in [5, 5.41) is 32.8. The number of alkyl halides is 1. The van der Waals surface area contributed by atoms with Gasteiger partial charge in [-0.05, 0) is 74.3 Å². The molecule has 3 fully saturated rings. The molecule has 4 aliphatic carbocycles. The number of carbonyl (C=O) groups is 2. The number of fused-ring (bicyclic) bond motifs is 5. The summed E-state index contributed by atoms with van der Waals surface area (Å²) in [6, 6.07) is 0. The number of Topliss-reactive ketones (excluding diaryl/α,β-unsaturated/α-hetero) is 1. The smallest absolute Gasteiger partial charge is 0.192 e. The topological polar surface area (TPSA) is 104 Å². The van der Waals surface area contributed by atoms with Crippen LogP contribution in [-0.4, -0.2) is 63.6 Å². The fourth-order valence-electron chi connectivity index (χ4n) is 7.78. The fraction of sp³-hybridized carbons (Fsp3) is 0.833. The molecule has 0 amide bonds. The molecule has 4 rings (SSSR count). The molecule has 3 saturated carbocycles. The maximum absolute atomic E-state index is 15.4. The van der Waals surface area contributed by atoms with Crippen molar-refractivity contribution >= 4 is 11.6 Å². The highest BCUT2D eigenvalue weighted by molar-refractivity contribution is 5.92. The monoisotopic (exact) mass is 438 g/mol. The molecular formula is C24H35FO6. The van der Waals surface area contributed by atoms with Gasteiger partial charge in [-0.1, -0.05) is 13.8 Å². The Morgan fingerprint density at radius 3 is 2.61 bits per heavy atom. The second-order valence-electron chi connectivity index (χ2n) is 10.9. The molecule has 0 bridgehead atoms. The van der Waals surface area contributed by atoms with Crippen molar-refractivity contribution in [3.63, 3.8) is 0 Å². The highest BCUT2D eigenvalue weighted by atomic mass is 19.1. The van der Waals surface area contributed by atoms with Crippen LogP contribution in [0.3, 0.4) is 0 Å². The number of halogens is 1. The Hall–Kier alpha value is -1.15. The molecule has 4 aliphatic rings. The summed E-state index contributed by atoms with van der Waals surface area (Å²) in [6.45, 7) is 6.55. The molecule has 0 heterocycles. The molecule has 0 aromatic rings.